The van der Waals surface area contributed by atoms with Crippen LogP contribution in [0.25, 0.3) is 0 Å². The fourth-order valence-electron chi connectivity index (χ4n) is 3.82. The van der Waals surface area contributed by atoms with E-state index in [9.17, 15) is 14.0 Å². The first-order valence-corrected chi connectivity index (χ1v) is 11.2. The summed E-state index contributed by atoms with van der Waals surface area (Å²) in [5.41, 5.74) is 2.95. The summed E-state index contributed by atoms with van der Waals surface area (Å²) in [6.07, 6.45) is 5.98. The van der Waals surface area contributed by atoms with Crippen LogP contribution in [0, 0.1) is 11.7 Å². The predicted octanol–water partition coefficient (Wildman–Crippen LogP) is 5.12. The molecule has 3 amide bonds. The van der Waals surface area contributed by atoms with Gasteiger partial charge in [-0.2, -0.15) is 0 Å². The average Bonchev–Trinajstić information content (AvgIpc) is 2.80. The van der Waals surface area contributed by atoms with Gasteiger partial charge in [-0.15, -0.1) is 0 Å². The number of likely N-dealkylation sites (tertiary alicyclic amines) is 1. The average molecular weight is 426 g/mol. The zero-order valence-corrected chi connectivity index (χ0v) is 18.2. The van der Waals surface area contributed by atoms with E-state index in [0.29, 0.717) is 32.5 Å². The third-order valence-electron chi connectivity index (χ3n) is 5.81. The summed E-state index contributed by atoms with van der Waals surface area (Å²) >= 11 is 0. The number of rotatable bonds is 8. The smallest absolute Gasteiger partial charge is 0.321 e. The first-order chi connectivity index (χ1) is 15.0. The fraction of sp³-hybridized carbons (Fsp3) is 0.440. The quantitative estimate of drug-likeness (QED) is 0.577. The number of hydrogen-bond donors (Lipinski definition) is 2. The van der Waals surface area contributed by atoms with E-state index in [1.165, 1.54) is 37.0 Å². The molecule has 166 valence electrons. The van der Waals surface area contributed by atoms with Gasteiger partial charge < -0.3 is 15.5 Å². The standard InChI is InChI=1S/C25H32FN3O2/c1-2-3-4-5-19-8-12-23(13-9-19)28-25(31)29-16-14-21(15-17-29)24(30)27-18-20-6-10-22(26)11-7-20/h6-13,21H,2-5,14-18H2,1H3,(H,27,30)(H,28,31). The molecule has 1 aliphatic heterocycles. The molecule has 0 aromatic heterocycles. The monoisotopic (exact) mass is 425 g/mol. The highest BCUT2D eigenvalue weighted by atomic mass is 19.1. The van der Waals surface area contributed by atoms with Gasteiger partial charge in [-0.1, -0.05) is 44.0 Å². The van der Waals surface area contributed by atoms with Crippen LogP contribution in [0.1, 0.15) is 50.2 Å². The molecule has 2 N–H and O–H groups in total. The highest BCUT2D eigenvalue weighted by Gasteiger charge is 2.27. The molecule has 6 heteroatoms. The van der Waals surface area contributed by atoms with Crippen LogP contribution in [0.2, 0.25) is 0 Å². The van der Waals surface area contributed by atoms with Gasteiger partial charge in [0, 0.05) is 31.2 Å². The number of hydrogen-bond acceptors (Lipinski definition) is 2. The van der Waals surface area contributed by atoms with E-state index >= 15 is 0 Å². The molecule has 5 nitrogen and oxygen atoms in total. The molecule has 0 spiro atoms. The zero-order valence-electron chi connectivity index (χ0n) is 18.2. The molecule has 1 fully saturated rings. The molecular formula is C25H32FN3O2. The molecule has 1 heterocycles. The minimum absolute atomic E-state index is 0.0111. The second kappa shape index (κ2) is 11.5. The Labute approximate surface area is 184 Å². The van der Waals surface area contributed by atoms with Crippen molar-refractivity contribution in [2.24, 2.45) is 5.92 Å². The lowest BCUT2D eigenvalue weighted by Gasteiger charge is -2.31. The maximum Gasteiger partial charge on any atom is 0.321 e. The van der Waals surface area contributed by atoms with E-state index in [2.05, 4.69) is 29.7 Å². The van der Waals surface area contributed by atoms with Crippen LogP contribution in [0.5, 0.6) is 0 Å². The molecular weight excluding hydrogens is 393 g/mol. The third kappa shape index (κ3) is 7.09. The summed E-state index contributed by atoms with van der Waals surface area (Å²) in [6, 6.07) is 14.0. The first kappa shape index (κ1) is 22.8. The predicted molar refractivity (Wildman–Crippen MR) is 121 cm³/mol. The topological polar surface area (TPSA) is 61.4 Å². The molecule has 0 bridgehead atoms. The van der Waals surface area contributed by atoms with Crippen LogP contribution in [0.3, 0.4) is 0 Å². The van der Waals surface area contributed by atoms with E-state index in [0.717, 1.165) is 17.7 Å². The summed E-state index contributed by atoms with van der Waals surface area (Å²) in [4.78, 5) is 26.8. The van der Waals surface area contributed by atoms with Gasteiger partial charge in [-0.05, 0) is 61.1 Å². The number of amides is 3. The molecule has 0 radical (unpaired) electrons. The summed E-state index contributed by atoms with van der Waals surface area (Å²) in [7, 11) is 0. The van der Waals surface area contributed by atoms with Gasteiger partial charge >= 0.3 is 6.03 Å². The highest BCUT2D eigenvalue weighted by molar-refractivity contribution is 5.89. The fourth-order valence-corrected chi connectivity index (χ4v) is 3.82. The van der Waals surface area contributed by atoms with E-state index in [1.807, 2.05) is 12.1 Å². The summed E-state index contributed by atoms with van der Waals surface area (Å²) < 4.78 is 13.0. The number of aryl methyl sites for hydroxylation is 1. The number of piperidine rings is 1. The molecule has 2 aromatic carbocycles. The van der Waals surface area contributed by atoms with Crippen LogP contribution in [-0.4, -0.2) is 29.9 Å². The molecule has 0 atom stereocenters. The van der Waals surface area contributed by atoms with Crippen molar-refractivity contribution >= 4 is 17.6 Å². The van der Waals surface area contributed by atoms with Gasteiger partial charge in [0.15, 0.2) is 0 Å². The minimum Gasteiger partial charge on any atom is -0.352 e. The highest BCUT2D eigenvalue weighted by Crippen LogP contribution is 2.19. The second-order valence-electron chi connectivity index (χ2n) is 8.19. The number of benzene rings is 2. The van der Waals surface area contributed by atoms with Gasteiger partial charge in [0.25, 0.3) is 0 Å². The van der Waals surface area contributed by atoms with Crippen molar-refractivity contribution in [3.8, 4) is 0 Å². The maximum absolute atomic E-state index is 13.0. The number of anilines is 1. The van der Waals surface area contributed by atoms with Crippen molar-refractivity contribution in [2.45, 2.75) is 52.0 Å². The second-order valence-corrected chi connectivity index (χ2v) is 8.19. The Balaban J connectivity index is 1.39. The van der Waals surface area contributed by atoms with Crippen molar-refractivity contribution in [2.75, 3.05) is 18.4 Å². The van der Waals surface area contributed by atoms with E-state index < -0.39 is 0 Å². The molecule has 0 unspecified atom stereocenters. The number of carbonyl (C=O) groups excluding carboxylic acids is 2. The van der Waals surface area contributed by atoms with Crippen molar-refractivity contribution in [3.05, 3.63) is 65.5 Å². The van der Waals surface area contributed by atoms with E-state index in [-0.39, 0.29) is 23.7 Å². The Kier molecular flexibility index (Phi) is 8.44. The Morgan fingerprint density at radius 3 is 2.26 bits per heavy atom. The molecule has 31 heavy (non-hydrogen) atoms. The number of nitrogens with zero attached hydrogens (tertiary/aromatic N) is 1. The van der Waals surface area contributed by atoms with Crippen LogP contribution < -0.4 is 10.6 Å². The minimum atomic E-state index is -0.288. The van der Waals surface area contributed by atoms with Crippen molar-refractivity contribution in [3.63, 3.8) is 0 Å². The number of nitrogens with one attached hydrogen (secondary N) is 2. The van der Waals surface area contributed by atoms with Crippen molar-refractivity contribution < 1.29 is 14.0 Å². The van der Waals surface area contributed by atoms with Gasteiger partial charge in [0.05, 0.1) is 0 Å². The van der Waals surface area contributed by atoms with Crippen LogP contribution in [0.4, 0.5) is 14.9 Å². The lowest BCUT2D eigenvalue weighted by molar-refractivity contribution is -0.126. The molecule has 1 saturated heterocycles. The van der Waals surface area contributed by atoms with Crippen molar-refractivity contribution in [1.82, 2.24) is 10.2 Å². The largest absolute Gasteiger partial charge is 0.352 e. The van der Waals surface area contributed by atoms with E-state index in [1.54, 1.807) is 17.0 Å². The van der Waals surface area contributed by atoms with Crippen LogP contribution in [0.15, 0.2) is 48.5 Å². The molecule has 2 aromatic rings. The number of unbranched alkanes of at least 4 members (excludes halogenated alkanes) is 2. The molecule has 0 saturated carbocycles. The first-order valence-electron chi connectivity index (χ1n) is 11.2. The third-order valence-corrected chi connectivity index (χ3v) is 5.81. The van der Waals surface area contributed by atoms with Gasteiger partial charge in [0.1, 0.15) is 5.82 Å². The maximum atomic E-state index is 13.0. The lowest BCUT2D eigenvalue weighted by atomic mass is 9.96. The molecule has 0 aliphatic carbocycles. The molecule has 3 rings (SSSR count). The van der Waals surface area contributed by atoms with Gasteiger partial charge in [-0.25, -0.2) is 9.18 Å². The van der Waals surface area contributed by atoms with Crippen LogP contribution in [-0.2, 0) is 17.8 Å². The Hall–Kier alpha value is -2.89. The lowest BCUT2D eigenvalue weighted by Crippen LogP contribution is -2.44. The summed E-state index contributed by atoms with van der Waals surface area (Å²) in [5.74, 6) is -0.404. The Morgan fingerprint density at radius 1 is 0.968 bits per heavy atom. The van der Waals surface area contributed by atoms with Crippen LogP contribution >= 0.6 is 0 Å². The summed E-state index contributed by atoms with van der Waals surface area (Å²) in [6.45, 7) is 3.68. The number of carbonyl (C=O) groups is 2. The SMILES string of the molecule is CCCCCc1ccc(NC(=O)N2CCC(C(=O)NCc3ccc(F)cc3)CC2)cc1. The van der Waals surface area contributed by atoms with Gasteiger partial charge in [0.2, 0.25) is 5.91 Å². The Morgan fingerprint density at radius 2 is 1.61 bits per heavy atom. The van der Waals surface area contributed by atoms with Gasteiger partial charge in [-0.3, -0.25) is 4.79 Å². The molecule has 1 aliphatic rings. The normalized spacial score (nSPS) is 14.3. The zero-order chi connectivity index (χ0) is 22.1. The Bertz CT molecular complexity index is 844. The number of halogens is 1. The summed E-state index contributed by atoms with van der Waals surface area (Å²) in [5, 5.41) is 5.87. The van der Waals surface area contributed by atoms with E-state index in [4.69, 9.17) is 0 Å². The number of urea groups is 1. The van der Waals surface area contributed by atoms with Crippen molar-refractivity contribution in [1.29, 1.82) is 0 Å².